The standard InChI is InChI=1S/C18H16Cl2FN3O2S/c1-26-9-11-15-13(21)3-2-4-14(15)27-16(11)18(25)23-6-5-22-17-12(20)7-10(19)8-24-17/h2-4,7-8H,5-6,9H2,1H3,(H,22,24)(H,23,25). The third-order valence-corrected chi connectivity index (χ3v) is 5.46. The number of benzene rings is 1. The molecule has 0 saturated carbocycles. The first-order valence-electron chi connectivity index (χ1n) is 8.03. The Balaban J connectivity index is 1.67. The molecule has 2 N–H and O–H groups in total. The number of pyridine rings is 1. The second-order valence-corrected chi connectivity index (χ2v) is 7.52. The summed E-state index contributed by atoms with van der Waals surface area (Å²) in [5.41, 5.74) is 0.559. The van der Waals surface area contributed by atoms with Crippen LogP contribution in [0.4, 0.5) is 10.2 Å². The normalized spacial score (nSPS) is 11.0. The third-order valence-electron chi connectivity index (χ3n) is 3.77. The van der Waals surface area contributed by atoms with Crippen LogP contribution in [0.15, 0.2) is 30.5 Å². The predicted molar refractivity (Wildman–Crippen MR) is 108 cm³/mol. The van der Waals surface area contributed by atoms with E-state index < -0.39 is 0 Å². The number of nitrogens with one attached hydrogen (secondary N) is 2. The molecule has 0 spiro atoms. The van der Waals surface area contributed by atoms with Gasteiger partial charge in [0.05, 0.1) is 21.5 Å². The number of rotatable bonds is 7. The third kappa shape index (κ3) is 4.50. The van der Waals surface area contributed by atoms with E-state index in [0.717, 1.165) is 0 Å². The van der Waals surface area contributed by atoms with E-state index >= 15 is 0 Å². The highest BCUT2D eigenvalue weighted by Gasteiger charge is 2.20. The van der Waals surface area contributed by atoms with E-state index in [0.29, 0.717) is 49.5 Å². The molecular formula is C18H16Cl2FN3O2S. The number of thiophene rings is 1. The highest BCUT2D eigenvalue weighted by molar-refractivity contribution is 7.21. The van der Waals surface area contributed by atoms with Gasteiger partial charge in [0.15, 0.2) is 0 Å². The first kappa shape index (κ1) is 19.8. The number of anilines is 1. The number of hydrogen-bond acceptors (Lipinski definition) is 5. The molecule has 0 unspecified atom stereocenters. The van der Waals surface area contributed by atoms with E-state index in [1.54, 1.807) is 18.2 Å². The Hall–Kier alpha value is -1.93. The van der Waals surface area contributed by atoms with Crippen LogP contribution in [-0.4, -0.2) is 31.1 Å². The summed E-state index contributed by atoms with van der Waals surface area (Å²) in [4.78, 5) is 17.1. The van der Waals surface area contributed by atoms with Gasteiger partial charge in [0.25, 0.3) is 5.91 Å². The maximum absolute atomic E-state index is 14.2. The average molecular weight is 428 g/mol. The van der Waals surface area contributed by atoms with E-state index in [1.165, 1.54) is 30.7 Å². The van der Waals surface area contributed by atoms with E-state index in [2.05, 4.69) is 15.6 Å². The first-order chi connectivity index (χ1) is 13.0. The van der Waals surface area contributed by atoms with Gasteiger partial charge in [-0.1, -0.05) is 29.3 Å². The Kier molecular flexibility index (Phi) is 6.49. The monoisotopic (exact) mass is 427 g/mol. The SMILES string of the molecule is COCc1c(C(=O)NCCNc2ncc(Cl)cc2Cl)sc2cccc(F)c12. The molecule has 2 heterocycles. The van der Waals surface area contributed by atoms with Gasteiger partial charge in [-0.2, -0.15) is 0 Å². The molecule has 5 nitrogen and oxygen atoms in total. The summed E-state index contributed by atoms with van der Waals surface area (Å²) < 4.78 is 20.1. The predicted octanol–water partition coefficient (Wildman–Crippen LogP) is 4.73. The Morgan fingerprint density at radius 2 is 2.15 bits per heavy atom. The number of methoxy groups -OCH3 is 1. The summed E-state index contributed by atoms with van der Waals surface area (Å²) >= 11 is 13.1. The lowest BCUT2D eigenvalue weighted by molar-refractivity contribution is 0.0955. The number of carbonyl (C=O) groups excluding carboxylic acids is 1. The second-order valence-electron chi connectivity index (χ2n) is 5.62. The molecule has 0 radical (unpaired) electrons. The number of halogens is 3. The van der Waals surface area contributed by atoms with Crippen molar-refractivity contribution < 1.29 is 13.9 Å². The summed E-state index contributed by atoms with van der Waals surface area (Å²) in [5.74, 6) is -0.154. The van der Waals surface area contributed by atoms with Gasteiger partial charge in [0.1, 0.15) is 11.6 Å². The highest BCUT2D eigenvalue weighted by Crippen LogP contribution is 2.33. The average Bonchev–Trinajstić information content (AvgIpc) is 3.00. The van der Waals surface area contributed by atoms with Crippen LogP contribution in [0.1, 0.15) is 15.2 Å². The fourth-order valence-electron chi connectivity index (χ4n) is 2.61. The summed E-state index contributed by atoms with van der Waals surface area (Å²) in [5, 5.41) is 7.12. The minimum atomic E-state index is -0.361. The van der Waals surface area contributed by atoms with E-state index in [9.17, 15) is 9.18 Å². The molecule has 0 aliphatic carbocycles. The summed E-state index contributed by atoms with van der Waals surface area (Å²) in [6.07, 6.45) is 1.48. The van der Waals surface area contributed by atoms with E-state index in [4.69, 9.17) is 27.9 Å². The summed E-state index contributed by atoms with van der Waals surface area (Å²) in [6.45, 7) is 0.911. The van der Waals surface area contributed by atoms with Gasteiger partial charge < -0.3 is 15.4 Å². The number of fused-ring (bicyclic) bond motifs is 1. The lowest BCUT2D eigenvalue weighted by Crippen LogP contribution is -2.29. The quantitative estimate of drug-likeness (QED) is 0.534. The zero-order chi connectivity index (χ0) is 19.4. The number of ether oxygens (including phenoxy) is 1. The fourth-order valence-corrected chi connectivity index (χ4v) is 4.20. The molecule has 2 aromatic heterocycles. The largest absolute Gasteiger partial charge is 0.380 e. The van der Waals surface area contributed by atoms with Crippen molar-refractivity contribution in [2.24, 2.45) is 0 Å². The van der Waals surface area contributed by atoms with Gasteiger partial charge in [-0.25, -0.2) is 9.37 Å². The van der Waals surface area contributed by atoms with Crippen molar-refractivity contribution in [3.63, 3.8) is 0 Å². The van der Waals surface area contributed by atoms with Crippen molar-refractivity contribution in [1.82, 2.24) is 10.3 Å². The zero-order valence-corrected chi connectivity index (χ0v) is 16.6. The van der Waals surface area contributed by atoms with Gasteiger partial charge >= 0.3 is 0 Å². The molecular weight excluding hydrogens is 412 g/mol. The molecule has 0 saturated heterocycles. The molecule has 1 amide bonds. The van der Waals surface area contributed by atoms with Crippen LogP contribution in [0.25, 0.3) is 10.1 Å². The van der Waals surface area contributed by atoms with Crippen molar-refractivity contribution in [3.8, 4) is 0 Å². The van der Waals surface area contributed by atoms with Crippen molar-refractivity contribution in [2.75, 3.05) is 25.5 Å². The number of hydrogen-bond donors (Lipinski definition) is 2. The maximum Gasteiger partial charge on any atom is 0.261 e. The van der Waals surface area contributed by atoms with Crippen molar-refractivity contribution >= 4 is 56.3 Å². The number of aromatic nitrogens is 1. The first-order valence-corrected chi connectivity index (χ1v) is 9.60. The summed E-state index contributed by atoms with van der Waals surface area (Å²) in [6, 6.07) is 6.37. The van der Waals surface area contributed by atoms with Crippen LogP contribution in [-0.2, 0) is 11.3 Å². The van der Waals surface area contributed by atoms with E-state index in [1.807, 2.05) is 0 Å². The zero-order valence-electron chi connectivity index (χ0n) is 14.3. The van der Waals surface area contributed by atoms with Crippen molar-refractivity contribution in [1.29, 1.82) is 0 Å². The van der Waals surface area contributed by atoms with Crippen LogP contribution in [0.3, 0.4) is 0 Å². The van der Waals surface area contributed by atoms with Crippen LogP contribution in [0, 0.1) is 5.82 Å². The molecule has 3 aromatic rings. The minimum Gasteiger partial charge on any atom is -0.380 e. The Bertz CT molecular complexity index is 981. The maximum atomic E-state index is 14.2. The molecule has 27 heavy (non-hydrogen) atoms. The molecule has 0 aliphatic rings. The van der Waals surface area contributed by atoms with Gasteiger partial charge in [-0.3, -0.25) is 4.79 Å². The Morgan fingerprint density at radius 1 is 1.33 bits per heavy atom. The van der Waals surface area contributed by atoms with E-state index in [-0.39, 0.29) is 18.3 Å². The topological polar surface area (TPSA) is 63.2 Å². The van der Waals surface area contributed by atoms with Gasteiger partial charge in [-0.05, 0) is 18.2 Å². The molecule has 9 heteroatoms. The lowest BCUT2D eigenvalue weighted by atomic mass is 10.1. The fraction of sp³-hybridized carbons (Fsp3) is 0.222. The molecule has 142 valence electrons. The lowest BCUT2D eigenvalue weighted by Gasteiger charge is -2.09. The van der Waals surface area contributed by atoms with Crippen LogP contribution >= 0.6 is 34.5 Å². The van der Waals surface area contributed by atoms with Gasteiger partial charge in [0, 0.05) is 42.0 Å². The van der Waals surface area contributed by atoms with Gasteiger partial charge in [0.2, 0.25) is 0 Å². The molecule has 0 aliphatic heterocycles. The Labute approximate surface area is 169 Å². The highest BCUT2D eigenvalue weighted by atomic mass is 35.5. The minimum absolute atomic E-state index is 0.159. The molecule has 1 aromatic carbocycles. The molecule has 0 fully saturated rings. The van der Waals surface area contributed by atoms with Crippen LogP contribution in [0.2, 0.25) is 10.0 Å². The van der Waals surface area contributed by atoms with Gasteiger partial charge in [-0.15, -0.1) is 11.3 Å². The van der Waals surface area contributed by atoms with Crippen molar-refractivity contribution in [2.45, 2.75) is 6.61 Å². The molecule has 0 bridgehead atoms. The van der Waals surface area contributed by atoms with Crippen LogP contribution < -0.4 is 10.6 Å². The molecule has 3 rings (SSSR count). The van der Waals surface area contributed by atoms with Crippen LogP contribution in [0.5, 0.6) is 0 Å². The number of nitrogens with zero attached hydrogens (tertiary/aromatic N) is 1. The second kappa shape index (κ2) is 8.84. The number of amides is 1. The Morgan fingerprint density at radius 3 is 2.89 bits per heavy atom. The smallest absolute Gasteiger partial charge is 0.261 e. The number of carbonyl (C=O) groups is 1. The van der Waals surface area contributed by atoms with Crippen molar-refractivity contribution in [3.05, 3.63) is 56.8 Å². The summed E-state index contributed by atoms with van der Waals surface area (Å²) in [7, 11) is 1.51. The molecule has 0 atom stereocenters.